The molecule has 0 amide bonds. The fourth-order valence-corrected chi connectivity index (χ4v) is 4.77. The number of rotatable bonds is 7. The quantitative estimate of drug-likeness (QED) is 0.330. The molecule has 8 nitrogen and oxygen atoms in total. The molecular weight excluding hydrogens is 478 g/mol. The maximum absolute atomic E-state index is 11.8. The molecule has 5 rings (SSSR count). The van der Waals surface area contributed by atoms with Crippen LogP contribution in [0.15, 0.2) is 83.4 Å². The Bertz CT molecular complexity index is 1420. The third-order valence-electron chi connectivity index (χ3n) is 6.09. The summed E-state index contributed by atoms with van der Waals surface area (Å²) in [5.74, 6) is 1.24. The van der Waals surface area contributed by atoms with Gasteiger partial charge in [-0.15, -0.1) is 0 Å². The number of nitrogens with one attached hydrogen (secondary N) is 1. The second-order valence-electron chi connectivity index (χ2n) is 8.09. The number of hydrogen-bond donors (Lipinski definition) is 2. The zero-order valence-corrected chi connectivity index (χ0v) is 20.4. The molecule has 9 heteroatoms. The van der Waals surface area contributed by atoms with Crippen LogP contribution in [-0.2, 0) is 0 Å². The van der Waals surface area contributed by atoms with Crippen LogP contribution in [0, 0.1) is 0 Å². The smallest absolute Gasteiger partial charge is 0.336 e. The number of nitrogens with zero attached hydrogens (tertiary/aromatic N) is 2. The van der Waals surface area contributed by atoms with E-state index in [1.165, 1.54) is 0 Å². The molecule has 0 saturated carbocycles. The summed E-state index contributed by atoms with van der Waals surface area (Å²) in [6, 6.07) is 20.8. The Balaban J connectivity index is 1.64. The molecule has 0 unspecified atom stereocenters. The van der Waals surface area contributed by atoms with Crippen LogP contribution < -0.4 is 19.7 Å². The van der Waals surface area contributed by atoms with E-state index < -0.39 is 12.0 Å². The minimum atomic E-state index is -1.02. The lowest BCUT2D eigenvalue weighted by Gasteiger charge is -2.27. The van der Waals surface area contributed by atoms with Crippen molar-refractivity contribution in [3.8, 4) is 22.8 Å². The molecule has 2 aromatic carbocycles. The van der Waals surface area contributed by atoms with E-state index in [-0.39, 0.29) is 11.6 Å². The van der Waals surface area contributed by atoms with Crippen molar-refractivity contribution < 1.29 is 23.8 Å². The summed E-state index contributed by atoms with van der Waals surface area (Å²) in [7, 11) is 3.18. The monoisotopic (exact) mass is 501 g/mol. The Kier molecular flexibility index (Phi) is 6.30. The number of carbonyl (C=O) groups is 1. The minimum absolute atomic E-state index is 0.161. The van der Waals surface area contributed by atoms with E-state index in [0.717, 1.165) is 11.4 Å². The van der Waals surface area contributed by atoms with Crippen LogP contribution in [0.2, 0.25) is 0 Å². The van der Waals surface area contributed by atoms with Crippen molar-refractivity contribution in [3.05, 3.63) is 96.0 Å². The highest BCUT2D eigenvalue weighted by Crippen LogP contribution is 2.46. The molecule has 36 heavy (non-hydrogen) atoms. The predicted molar refractivity (Wildman–Crippen MR) is 139 cm³/mol. The average molecular weight is 502 g/mol. The van der Waals surface area contributed by atoms with E-state index in [2.05, 4.69) is 10.3 Å². The fourth-order valence-electron chi connectivity index (χ4n) is 4.43. The molecule has 1 fully saturated rings. The SMILES string of the molecule is COc1ccc(N2C(=S)N[C@H](c3ccccn3)[C@@H]2c2ccc(-c3ccccc3C(=O)O)o2)c(OC)c1. The molecule has 182 valence electrons. The molecule has 2 N–H and O–H groups in total. The van der Waals surface area contributed by atoms with Crippen molar-refractivity contribution in [3.63, 3.8) is 0 Å². The van der Waals surface area contributed by atoms with Gasteiger partial charge in [-0.25, -0.2) is 4.79 Å². The van der Waals surface area contributed by atoms with E-state index in [4.69, 9.17) is 26.1 Å². The highest BCUT2D eigenvalue weighted by atomic mass is 32.1. The third-order valence-corrected chi connectivity index (χ3v) is 6.40. The largest absolute Gasteiger partial charge is 0.497 e. The van der Waals surface area contributed by atoms with Crippen molar-refractivity contribution in [2.24, 2.45) is 0 Å². The van der Waals surface area contributed by atoms with Crippen LogP contribution in [-0.4, -0.2) is 35.4 Å². The van der Waals surface area contributed by atoms with Gasteiger partial charge in [0.1, 0.15) is 29.1 Å². The maximum atomic E-state index is 11.8. The first kappa shape index (κ1) is 23.4. The number of methoxy groups -OCH3 is 2. The molecule has 3 heterocycles. The summed E-state index contributed by atoms with van der Waals surface area (Å²) in [5, 5.41) is 13.5. The van der Waals surface area contributed by atoms with E-state index in [9.17, 15) is 9.90 Å². The summed E-state index contributed by atoms with van der Waals surface area (Å²) in [5.41, 5.74) is 2.16. The van der Waals surface area contributed by atoms with E-state index in [1.54, 1.807) is 56.8 Å². The van der Waals surface area contributed by atoms with Gasteiger partial charge >= 0.3 is 5.97 Å². The Morgan fingerprint density at radius 1 is 1.06 bits per heavy atom. The molecule has 1 aliphatic rings. The Morgan fingerprint density at radius 2 is 1.86 bits per heavy atom. The molecular formula is C27H23N3O5S. The van der Waals surface area contributed by atoms with Crippen molar-refractivity contribution in [1.82, 2.24) is 10.3 Å². The maximum Gasteiger partial charge on any atom is 0.336 e. The summed E-state index contributed by atoms with van der Waals surface area (Å²) in [6.45, 7) is 0. The van der Waals surface area contributed by atoms with Gasteiger partial charge in [-0.2, -0.15) is 0 Å². The first-order valence-electron chi connectivity index (χ1n) is 11.2. The van der Waals surface area contributed by atoms with Gasteiger partial charge in [-0.1, -0.05) is 24.3 Å². The van der Waals surface area contributed by atoms with Gasteiger partial charge in [-0.05, 0) is 54.7 Å². The lowest BCUT2D eigenvalue weighted by molar-refractivity contribution is 0.0697. The van der Waals surface area contributed by atoms with Crippen LogP contribution in [0.4, 0.5) is 5.69 Å². The highest BCUT2D eigenvalue weighted by Gasteiger charge is 2.43. The topological polar surface area (TPSA) is 97.1 Å². The standard InChI is InChI=1S/C27H23N3O5S/c1-33-16-10-11-20(23(15-16)34-2)30-25(24(29-27(30)36)19-9-5-6-14-28-19)22-13-12-21(35-22)17-7-3-4-8-18(17)26(31)32/h3-15,24-25H,1-2H3,(H,29,36)(H,31,32)/t24-,25+/m1/s1. The van der Waals surface area contributed by atoms with Gasteiger partial charge in [0.05, 0.1) is 37.2 Å². The van der Waals surface area contributed by atoms with E-state index in [1.807, 2.05) is 41.3 Å². The second kappa shape index (κ2) is 9.71. The van der Waals surface area contributed by atoms with Gasteiger partial charge in [0.2, 0.25) is 0 Å². The molecule has 1 saturated heterocycles. The summed E-state index contributed by atoms with van der Waals surface area (Å²) in [6.07, 6.45) is 1.73. The summed E-state index contributed by atoms with van der Waals surface area (Å²) in [4.78, 5) is 18.3. The molecule has 1 aliphatic heterocycles. The molecule has 2 atom stereocenters. The van der Waals surface area contributed by atoms with Crippen LogP contribution >= 0.6 is 12.2 Å². The fraction of sp³-hybridized carbons (Fsp3) is 0.148. The number of benzene rings is 2. The van der Waals surface area contributed by atoms with Gasteiger partial charge in [0.15, 0.2) is 5.11 Å². The number of aromatic nitrogens is 1. The van der Waals surface area contributed by atoms with Crippen molar-refractivity contribution in [2.75, 3.05) is 19.1 Å². The first-order chi connectivity index (χ1) is 17.5. The number of furan rings is 1. The summed E-state index contributed by atoms with van der Waals surface area (Å²) >= 11 is 5.78. The van der Waals surface area contributed by atoms with Crippen LogP contribution in [0.3, 0.4) is 0 Å². The number of thiocarbonyl (C=S) groups is 1. The van der Waals surface area contributed by atoms with Gasteiger partial charge in [0.25, 0.3) is 0 Å². The predicted octanol–water partition coefficient (Wildman–Crippen LogP) is 5.23. The Labute approximate surface area is 213 Å². The number of ether oxygens (including phenoxy) is 2. The second-order valence-corrected chi connectivity index (χ2v) is 8.47. The normalized spacial score (nSPS) is 17.1. The van der Waals surface area contributed by atoms with E-state index >= 15 is 0 Å². The Morgan fingerprint density at radius 3 is 2.58 bits per heavy atom. The average Bonchev–Trinajstić information content (AvgIpc) is 3.53. The van der Waals surface area contributed by atoms with Gasteiger partial charge in [0, 0.05) is 17.8 Å². The summed E-state index contributed by atoms with van der Waals surface area (Å²) < 4.78 is 17.3. The third kappa shape index (κ3) is 4.14. The number of aromatic carboxylic acids is 1. The number of carboxylic acids is 1. The zero-order chi connectivity index (χ0) is 25.2. The number of anilines is 1. The molecule has 0 spiro atoms. The zero-order valence-electron chi connectivity index (χ0n) is 19.5. The highest BCUT2D eigenvalue weighted by molar-refractivity contribution is 7.80. The van der Waals surface area contributed by atoms with Crippen LogP contribution in [0.25, 0.3) is 11.3 Å². The lowest BCUT2D eigenvalue weighted by atomic mass is 10.0. The number of carboxylic acid groups (broad SMARTS) is 1. The van der Waals surface area contributed by atoms with Crippen LogP contribution in [0.1, 0.15) is 33.9 Å². The number of hydrogen-bond acceptors (Lipinski definition) is 6. The Hall–Kier alpha value is -4.37. The van der Waals surface area contributed by atoms with Gasteiger partial charge in [-0.3, -0.25) is 4.98 Å². The number of pyridine rings is 1. The first-order valence-corrected chi connectivity index (χ1v) is 11.6. The van der Waals surface area contributed by atoms with Crippen molar-refractivity contribution >= 4 is 29.0 Å². The molecule has 4 aromatic rings. The molecule has 0 aliphatic carbocycles. The molecule has 2 aromatic heterocycles. The van der Waals surface area contributed by atoms with Crippen molar-refractivity contribution in [1.29, 1.82) is 0 Å². The van der Waals surface area contributed by atoms with E-state index in [0.29, 0.717) is 33.7 Å². The molecule has 0 radical (unpaired) electrons. The lowest BCUT2D eigenvalue weighted by Crippen LogP contribution is -2.29. The van der Waals surface area contributed by atoms with Crippen LogP contribution in [0.5, 0.6) is 11.5 Å². The minimum Gasteiger partial charge on any atom is -0.497 e. The van der Waals surface area contributed by atoms with Gasteiger partial charge < -0.3 is 29.2 Å². The molecule has 0 bridgehead atoms. The van der Waals surface area contributed by atoms with Crippen molar-refractivity contribution in [2.45, 2.75) is 12.1 Å².